The standard InChI is InChI=1S/C13H24ClN3/c1-8(2)15-7-9(3)11(5)17-12(6)13(14)10(4)16-17/h8-9,11,15H,7H2,1-6H3. The molecule has 17 heavy (non-hydrogen) atoms. The molecule has 1 aromatic heterocycles. The van der Waals surface area contributed by atoms with Crippen LogP contribution in [0.1, 0.15) is 45.1 Å². The first-order valence-corrected chi connectivity index (χ1v) is 6.67. The Hall–Kier alpha value is -0.540. The first kappa shape index (κ1) is 14.5. The van der Waals surface area contributed by atoms with Gasteiger partial charge in [0.05, 0.1) is 22.5 Å². The van der Waals surface area contributed by atoms with E-state index in [1.54, 1.807) is 0 Å². The Morgan fingerprint density at radius 1 is 1.24 bits per heavy atom. The van der Waals surface area contributed by atoms with Crippen molar-refractivity contribution in [1.82, 2.24) is 15.1 Å². The monoisotopic (exact) mass is 257 g/mol. The van der Waals surface area contributed by atoms with Crippen molar-refractivity contribution < 1.29 is 0 Å². The van der Waals surface area contributed by atoms with E-state index >= 15 is 0 Å². The summed E-state index contributed by atoms with van der Waals surface area (Å²) in [4.78, 5) is 0. The van der Waals surface area contributed by atoms with Crippen LogP contribution in [0.3, 0.4) is 0 Å². The Labute approximate surface area is 110 Å². The molecule has 3 nitrogen and oxygen atoms in total. The van der Waals surface area contributed by atoms with Crippen LogP contribution in [0.25, 0.3) is 0 Å². The van der Waals surface area contributed by atoms with Gasteiger partial charge >= 0.3 is 0 Å². The van der Waals surface area contributed by atoms with E-state index in [1.165, 1.54) is 0 Å². The van der Waals surface area contributed by atoms with Gasteiger partial charge in [-0.1, -0.05) is 32.4 Å². The molecule has 98 valence electrons. The first-order chi connectivity index (χ1) is 7.84. The summed E-state index contributed by atoms with van der Waals surface area (Å²) >= 11 is 6.18. The van der Waals surface area contributed by atoms with Crippen LogP contribution < -0.4 is 5.32 Å². The minimum atomic E-state index is 0.354. The largest absolute Gasteiger partial charge is 0.314 e. The number of halogens is 1. The fourth-order valence-corrected chi connectivity index (χ4v) is 2.00. The lowest BCUT2D eigenvalue weighted by Gasteiger charge is -2.23. The number of nitrogens with zero attached hydrogens (tertiary/aromatic N) is 2. The normalized spacial score (nSPS) is 15.3. The molecule has 0 aliphatic heterocycles. The highest BCUT2D eigenvalue weighted by atomic mass is 35.5. The van der Waals surface area contributed by atoms with Crippen molar-refractivity contribution in [3.05, 3.63) is 16.4 Å². The van der Waals surface area contributed by atoms with E-state index in [9.17, 15) is 0 Å². The molecular formula is C13H24ClN3. The fourth-order valence-electron chi connectivity index (χ4n) is 1.87. The lowest BCUT2D eigenvalue weighted by molar-refractivity contribution is 0.324. The zero-order valence-corrected chi connectivity index (χ0v) is 12.5. The van der Waals surface area contributed by atoms with Crippen LogP contribution in [0.15, 0.2) is 0 Å². The van der Waals surface area contributed by atoms with Crippen LogP contribution in [-0.2, 0) is 0 Å². The van der Waals surface area contributed by atoms with Gasteiger partial charge in [0.1, 0.15) is 0 Å². The molecule has 0 aliphatic carbocycles. The average Bonchev–Trinajstić information content (AvgIpc) is 2.52. The number of aryl methyl sites for hydroxylation is 1. The molecule has 4 heteroatoms. The summed E-state index contributed by atoms with van der Waals surface area (Å²) < 4.78 is 2.05. The minimum Gasteiger partial charge on any atom is -0.314 e. The topological polar surface area (TPSA) is 29.9 Å². The van der Waals surface area contributed by atoms with Crippen LogP contribution in [0.2, 0.25) is 5.02 Å². The maximum absolute atomic E-state index is 6.18. The molecule has 0 bridgehead atoms. The average molecular weight is 258 g/mol. The van der Waals surface area contributed by atoms with Crippen molar-refractivity contribution in [2.75, 3.05) is 6.54 Å². The SMILES string of the molecule is Cc1nn(C(C)C(C)CNC(C)C)c(C)c1Cl. The summed E-state index contributed by atoms with van der Waals surface area (Å²) in [5, 5.41) is 8.77. The molecule has 0 aliphatic rings. The predicted octanol–water partition coefficient (Wildman–Crippen LogP) is 3.35. The Morgan fingerprint density at radius 3 is 2.24 bits per heavy atom. The Kier molecular flexibility index (Phi) is 5.02. The van der Waals surface area contributed by atoms with Crippen molar-refractivity contribution in [3.8, 4) is 0 Å². The lowest BCUT2D eigenvalue weighted by atomic mass is 10.0. The third kappa shape index (κ3) is 3.46. The van der Waals surface area contributed by atoms with Gasteiger partial charge in [0.15, 0.2) is 0 Å². The summed E-state index contributed by atoms with van der Waals surface area (Å²) in [5.41, 5.74) is 1.98. The van der Waals surface area contributed by atoms with Gasteiger partial charge in [0.2, 0.25) is 0 Å². The smallest absolute Gasteiger partial charge is 0.0844 e. The minimum absolute atomic E-state index is 0.354. The zero-order chi connectivity index (χ0) is 13.2. The molecular weight excluding hydrogens is 234 g/mol. The van der Waals surface area contributed by atoms with E-state index in [1.807, 2.05) is 18.5 Å². The zero-order valence-electron chi connectivity index (χ0n) is 11.7. The van der Waals surface area contributed by atoms with Gasteiger partial charge in [-0.15, -0.1) is 0 Å². The highest BCUT2D eigenvalue weighted by Gasteiger charge is 2.19. The molecule has 2 unspecified atom stereocenters. The highest BCUT2D eigenvalue weighted by molar-refractivity contribution is 6.31. The van der Waals surface area contributed by atoms with Crippen molar-refractivity contribution >= 4 is 11.6 Å². The van der Waals surface area contributed by atoms with Crippen LogP contribution >= 0.6 is 11.6 Å². The molecule has 0 amide bonds. The van der Waals surface area contributed by atoms with Gasteiger partial charge in [-0.05, 0) is 33.2 Å². The van der Waals surface area contributed by atoms with Gasteiger partial charge in [-0.3, -0.25) is 4.68 Å². The van der Waals surface area contributed by atoms with Crippen LogP contribution in [0.4, 0.5) is 0 Å². The molecule has 0 saturated carbocycles. The van der Waals surface area contributed by atoms with Crippen LogP contribution in [0, 0.1) is 19.8 Å². The maximum Gasteiger partial charge on any atom is 0.0844 e. The molecule has 1 rings (SSSR count). The molecule has 2 atom stereocenters. The molecule has 0 fully saturated rings. The number of nitrogens with one attached hydrogen (secondary N) is 1. The van der Waals surface area contributed by atoms with E-state index < -0.39 is 0 Å². The van der Waals surface area contributed by atoms with Gasteiger partial charge in [-0.2, -0.15) is 5.10 Å². The highest BCUT2D eigenvalue weighted by Crippen LogP contribution is 2.25. The van der Waals surface area contributed by atoms with Crippen molar-refractivity contribution in [3.63, 3.8) is 0 Å². The number of rotatable bonds is 5. The third-order valence-corrected chi connectivity index (χ3v) is 3.84. The summed E-state index contributed by atoms with van der Waals surface area (Å²) in [7, 11) is 0. The summed E-state index contributed by atoms with van der Waals surface area (Å²) in [6.07, 6.45) is 0. The summed E-state index contributed by atoms with van der Waals surface area (Å²) in [5.74, 6) is 0.520. The Bertz CT molecular complexity index is 371. The van der Waals surface area contributed by atoms with Gasteiger partial charge < -0.3 is 5.32 Å². The summed E-state index contributed by atoms with van der Waals surface area (Å²) in [6, 6.07) is 0.876. The molecule has 0 aromatic carbocycles. The second-order valence-electron chi connectivity index (χ2n) is 5.21. The van der Waals surface area contributed by atoms with Crippen molar-refractivity contribution in [2.24, 2.45) is 5.92 Å². The molecule has 1 aromatic rings. The van der Waals surface area contributed by atoms with Crippen LogP contribution in [-0.4, -0.2) is 22.4 Å². The lowest BCUT2D eigenvalue weighted by Crippen LogP contribution is -2.31. The number of hydrogen-bond donors (Lipinski definition) is 1. The van der Waals surface area contributed by atoms with Gasteiger partial charge in [-0.25, -0.2) is 0 Å². The molecule has 0 saturated heterocycles. The Balaban J connectivity index is 2.74. The van der Waals surface area contributed by atoms with Crippen LogP contribution in [0.5, 0.6) is 0 Å². The van der Waals surface area contributed by atoms with E-state index in [4.69, 9.17) is 11.6 Å². The van der Waals surface area contributed by atoms with E-state index in [2.05, 4.69) is 38.1 Å². The Morgan fingerprint density at radius 2 is 1.82 bits per heavy atom. The molecule has 0 radical (unpaired) electrons. The molecule has 1 N–H and O–H groups in total. The third-order valence-electron chi connectivity index (χ3n) is 3.29. The molecule has 0 spiro atoms. The second-order valence-corrected chi connectivity index (χ2v) is 5.59. The fraction of sp³-hybridized carbons (Fsp3) is 0.769. The molecule has 1 heterocycles. The predicted molar refractivity (Wildman–Crippen MR) is 73.7 cm³/mol. The van der Waals surface area contributed by atoms with E-state index in [0.717, 1.165) is 23.0 Å². The summed E-state index contributed by atoms with van der Waals surface area (Å²) in [6.45, 7) is 13.7. The van der Waals surface area contributed by atoms with Crippen molar-refractivity contribution in [1.29, 1.82) is 0 Å². The second kappa shape index (κ2) is 5.87. The van der Waals surface area contributed by atoms with Crippen molar-refractivity contribution in [2.45, 2.75) is 53.6 Å². The quantitative estimate of drug-likeness (QED) is 0.877. The number of hydrogen-bond acceptors (Lipinski definition) is 2. The van der Waals surface area contributed by atoms with E-state index in [-0.39, 0.29) is 0 Å². The van der Waals surface area contributed by atoms with E-state index in [0.29, 0.717) is 18.0 Å². The first-order valence-electron chi connectivity index (χ1n) is 6.29. The number of aromatic nitrogens is 2. The van der Waals surface area contributed by atoms with Gasteiger partial charge in [0.25, 0.3) is 0 Å². The maximum atomic E-state index is 6.18. The van der Waals surface area contributed by atoms with Gasteiger partial charge in [0, 0.05) is 6.04 Å².